The molecule has 0 spiro atoms. The number of amides is 1. The first-order chi connectivity index (χ1) is 9.75. The van der Waals surface area contributed by atoms with Gasteiger partial charge in [0.05, 0.1) is 0 Å². The predicted molar refractivity (Wildman–Crippen MR) is 87.6 cm³/mol. The molecular weight excluding hydrogens is 262 g/mol. The standard InChI is InChI=1S/C17H29N3O/c1-13(2)10-20(11-14(3)4)12-17(19,16(18)21)15-8-6-5-7-9-15/h5-9,13-14H,10-12,19H2,1-4H3,(H2,18,21). The molecule has 118 valence electrons. The average Bonchev–Trinajstić information content (AvgIpc) is 2.37. The molecule has 0 aliphatic heterocycles. The van der Waals surface area contributed by atoms with Gasteiger partial charge in [0, 0.05) is 19.6 Å². The van der Waals surface area contributed by atoms with Gasteiger partial charge in [0.2, 0.25) is 5.91 Å². The van der Waals surface area contributed by atoms with E-state index in [0.717, 1.165) is 18.7 Å². The van der Waals surface area contributed by atoms with Gasteiger partial charge in [-0.15, -0.1) is 0 Å². The van der Waals surface area contributed by atoms with Crippen molar-refractivity contribution in [3.05, 3.63) is 35.9 Å². The van der Waals surface area contributed by atoms with Crippen LogP contribution in [0, 0.1) is 11.8 Å². The number of nitrogens with zero attached hydrogens (tertiary/aromatic N) is 1. The van der Waals surface area contributed by atoms with Crippen LogP contribution in [-0.4, -0.2) is 30.4 Å². The molecule has 0 aliphatic rings. The summed E-state index contributed by atoms with van der Waals surface area (Å²) in [5.74, 6) is 0.541. The van der Waals surface area contributed by atoms with Gasteiger partial charge in [-0.3, -0.25) is 4.79 Å². The zero-order valence-electron chi connectivity index (χ0n) is 13.7. The Kier molecular flexibility index (Phi) is 6.37. The fraction of sp³-hybridized carbons (Fsp3) is 0.588. The molecule has 4 N–H and O–H groups in total. The Morgan fingerprint density at radius 3 is 1.95 bits per heavy atom. The van der Waals surface area contributed by atoms with Crippen molar-refractivity contribution in [3.8, 4) is 0 Å². The average molecular weight is 291 g/mol. The largest absolute Gasteiger partial charge is 0.368 e. The highest BCUT2D eigenvalue weighted by atomic mass is 16.1. The van der Waals surface area contributed by atoms with Crippen molar-refractivity contribution < 1.29 is 4.79 Å². The Bertz CT molecular complexity index is 435. The minimum absolute atomic E-state index is 0.447. The quantitative estimate of drug-likeness (QED) is 0.769. The molecule has 0 radical (unpaired) electrons. The van der Waals surface area contributed by atoms with E-state index in [1.54, 1.807) is 0 Å². The van der Waals surface area contributed by atoms with Gasteiger partial charge in [-0.2, -0.15) is 0 Å². The first-order valence-corrected chi connectivity index (χ1v) is 7.62. The number of hydrogen-bond acceptors (Lipinski definition) is 3. The molecule has 0 bridgehead atoms. The summed E-state index contributed by atoms with van der Waals surface area (Å²) in [6, 6.07) is 9.41. The molecule has 0 aromatic heterocycles. The van der Waals surface area contributed by atoms with E-state index < -0.39 is 11.4 Å². The number of nitrogens with two attached hydrogens (primary N) is 2. The molecule has 21 heavy (non-hydrogen) atoms. The molecule has 0 aliphatic carbocycles. The Hall–Kier alpha value is -1.39. The Morgan fingerprint density at radius 1 is 1.10 bits per heavy atom. The Labute approximate surface area is 128 Å². The lowest BCUT2D eigenvalue weighted by Crippen LogP contribution is -2.57. The maximum atomic E-state index is 12.0. The molecule has 0 fully saturated rings. The molecule has 1 amide bonds. The molecule has 0 saturated heterocycles. The summed E-state index contributed by atoms with van der Waals surface area (Å²) in [6.45, 7) is 10.9. The summed E-state index contributed by atoms with van der Waals surface area (Å²) >= 11 is 0. The molecule has 1 atom stereocenters. The van der Waals surface area contributed by atoms with Gasteiger partial charge in [0.1, 0.15) is 5.54 Å². The molecule has 0 saturated carbocycles. The van der Waals surface area contributed by atoms with Gasteiger partial charge < -0.3 is 16.4 Å². The summed E-state index contributed by atoms with van der Waals surface area (Å²) in [7, 11) is 0. The van der Waals surface area contributed by atoms with Gasteiger partial charge >= 0.3 is 0 Å². The zero-order valence-corrected chi connectivity index (χ0v) is 13.7. The topological polar surface area (TPSA) is 72.3 Å². The monoisotopic (exact) mass is 291 g/mol. The highest BCUT2D eigenvalue weighted by molar-refractivity contribution is 5.86. The second kappa shape index (κ2) is 7.57. The van der Waals surface area contributed by atoms with E-state index in [1.165, 1.54) is 0 Å². The third-order valence-corrected chi connectivity index (χ3v) is 3.45. The van der Waals surface area contributed by atoms with Crippen molar-refractivity contribution in [3.63, 3.8) is 0 Å². The molecule has 1 rings (SSSR count). The predicted octanol–water partition coefficient (Wildman–Crippen LogP) is 1.94. The first kappa shape index (κ1) is 17.7. The van der Waals surface area contributed by atoms with Crippen LogP contribution in [0.1, 0.15) is 33.3 Å². The highest BCUT2D eigenvalue weighted by Crippen LogP contribution is 2.20. The van der Waals surface area contributed by atoms with E-state index >= 15 is 0 Å². The van der Waals surface area contributed by atoms with E-state index in [1.807, 2.05) is 30.3 Å². The fourth-order valence-electron chi connectivity index (χ4n) is 2.64. The van der Waals surface area contributed by atoms with Gasteiger partial charge in [0.25, 0.3) is 0 Å². The van der Waals surface area contributed by atoms with Gasteiger partial charge in [0.15, 0.2) is 0 Å². The van der Waals surface area contributed by atoms with Crippen molar-refractivity contribution >= 4 is 5.91 Å². The van der Waals surface area contributed by atoms with Crippen molar-refractivity contribution in [2.75, 3.05) is 19.6 Å². The SMILES string of the molecule is CC(C)CN(CC(C)C)CC(N)(C(N)=O)c1ccccc1. The molecule has 4 heteroatoms. The van der Waals surface area contributed by atoms with Crippen LogP contribution in [0.5, 0.6) is 0 Å². The van der Waals surface area contributed by atoms with E-state index in [-0.39, 0.29) is 0 Å². The van der Waals surface area contributed by atoms with Crippen LogP contribution in [-0.2, 0) is 10.3 Å². The molecule has 4 nitrogen and oxygen atoms in total. The van der Waals surface area contributed by atoms with Gasteiger partial charge in [-0.05, 0) is 17.4 Å². The highest BCUT2D eigenvalue weighted by Gasteiger charge is 2.36. The molecule has 0 heterocycles. The number of hydrogen-bond donors (Lipinski definition) is 2. The van der Waals surface area contributed by atoms with Crippen LogP contribution < -0.4 is 11.5 Å². The van der Waals surface area contributed by atoms with E-state index in [4.69, 9.17) is 11.5 Å². The Morgan fingerprint density at radius 2 is 1.57 bits per heavy atom. The normalized spacial score (nSPS) is 14.7. The molecule has 1 aromatic rings. The van der Waals surface area contributed by atoms with Crippen molar-refractivity contribution in [2.24, 2.45) is 23.3 Å². The summed E-state index contributed by atoms with van der Waals surface area (Å²) in [4.78, 5) is 14.2. The summed E-state index contributed by atoms with van der Waals surface area (Å²) in [5.41, 5.74) is 11.6. The lowest BCUT2D eigenvalue weighted by molar-refractivity contribution is -0.124. The second-order valence-electron chi connectivity index (χ2n) is 6.68. The smallest absolute Gasteiger partial charge is 0.243 e. The summed E-state index contributed by atoms with van der Waals surface area (Å²) in [6.07, 6.45) is 0. The van der Waals surface area contributed by atoms with Crippen LogP contribution in [0.25, 0.3) is 0 Å². The van der Waals surface area contributed by atoms with Crippen LogP contribution in [0.15, 0.2) is 30.3 Å². The van der Waals surface area contributed by atoms with Crippen molar-refractivity contribution in [1.29, 1.82) is 0 Å². The Balaban J connectivity index is 3.01. The van der Waals surface area contributed by atoms with Gasteiger partial charge in [-0.1, -0.05) is 58.0 Å². The van der Waals surface area contributed by atoms with Gasteiger partial charge in [-0.25, -0.2) is 0 Å². The molecule has 1 aromatic carbocycles. The van der Waals surface area contributed by atoms with Crippen LogP contribution in [0.4, 0.5) is 0 Å². The number of benzene rings is 1. The number of carbonyl (C=O) groups excluding carboxylic acids is 1. The van der Waals surface area contributed by atoms with Crippen LogP contribution >= 0.6 is 0 Å². The lowest BCUT2D eigenvalue weighted by atomic mass is 9.89. The summed E-state index contributed by atoms with van der Waals surface area (Å²) < 4.78 is 0. The number of primary amides is 1. The maximum Gasteiger partial charge on any atom is 0.243 e. The zero-order chi connectivity index (χ0) is 16.0. The summed E-state index contributed by atoms with van der Waals surface area (Å²) in [5, 5.41) is 0. The molecule has 1 unspecified atom stereocenters. The lowest BCUT2D eigenvalue weighted by Gasteiger charge is -2.35. The fourth-order valence-corrected chi connectivity index (χ4v) is 2.64. The molecular formula is C17H29N3O. The minimum Gasteiger partial charge on any atom is -0.368 e. The van der Waals surface area contributed by atoms with E-state index in [0.29, 0.717) is 18.4 Å². The minimum atomic E-state index is -1.15. The van der Waals surface area contributed by atoms with Crippen LogP contribution in [0.2, 0.25) is 0 Å². The maximum absolute atomic E-state index is 12.0. The number of rotatable bonds is 8. The first-order valence-electron chi connectivity index (χ1n) is 7.62. The van der Waals surface area contributed by atoms with Crippen LogP contribution in [0.3, 0.4) is 0 Å². The number of carbonyl (C=O) groups is 1. The van der Waals surface area contributed by atoms with E-state index in [9.17, 15) is 4.79 Å². The van der Waals surface area contributed by atoms with Crippen molar-refractivity contribution in [1.82, 2.24) is 4.90 Å². The third kappa shape index (κ3) is 5.14. The second-order valence-corrected chi connectivity index (χ2v) is 6.68. The van der Waals surface area contributed by atoms with E-state index in [2.05, 4.69) is 32.6 Å². The van der Waals surface area contributed by atoms with Crippen molar-refractivity contribution in [2.45, 2.75) is 33.2 Å². The third-order valence-electron chi connectivity index (χ3n) is 3.45.